The molecule has 0 saturated carbocycles. The van der Waals surface area contributed by atoms with Crippen LogP contribution in [-0.4, -0.2) is 31.4 Å². The van der Waals surface area contributed by atoms with E-state index in [2.05, 4.69) is 6.92 Å². The minimum absolute atomic E-state index is 0.0948. The van der Waals surface area contributed by atoms with Crippen LogP contribution in [0.5, 0.6) is 5.75 Å². The van der Waals surface area contributed by atoms with E-state index < -0.39 is 41.3 Å². The Morgan fingerprint density at radius 3 is 1.50 bits per heavy atom. The summed E-state index contributed by atoms with van der Waals surface area (Å²) in [4.78, 5) is 0. The molecule has 0 heterocycles. The molecule has 1 aromatic rings. The van der Waals surface area contributed by atoms with Crippen LogP contribution in [0, 0.1) is 29.1 Å². The SMILES string of the molecule is CCCCCCCCCC(CCCCOc1c(F)c(F)c(F)c(F)c1F)OC(OC(C)C)OC(C)C. The molecule has 1 unspecified atom stereocenters. The smallest absolute Gasteiger partial charge is 0.272 e. The zero-order valence-corrected chi connectivity index (χ0v) is 22.3. The van der Waals surface area contributed by atoms with Gasteiger partial charge in [-0.1, -0.05) is 51.9 Å². The molecule has 0 amide bonds. The van der Waals surface area contributed by atoms with Gasteiger partial charge in [0.15, 0.2) is 5.75 Å². The number of unbranched alkanes of at least 4 members (excludes halogenated alkanes) is 7. The summed E-state index contributed by atoms with van der Waals surface area (Å²) < 4.78 is 89.9. The molecule has 0 fully saturated rings. The molecule has 9 heteroatoms. The van der Waals surface area contributed by atoms with Crippen LogP contribution in [0.25, 0.3) is 0 Å². The highest BCUT2D eigenvalue weighted by Gasteiger charge is 2.27. The number of halogens is 5. The van der Waals surface area contributed by atoms with E-state index >= 15 is 0 Å². The molecule has 36 heavy (non-hydrogen) atoms. The van der Waals surface area contributed by atoms with Crippen molar-refractivity contribution in [3.8, 4) is 5.75 Å². The van der Waals surface area contributed by atoms with Gasteiger partial charge < -0.3 is 18.9 Å². The van der Waals surface area contributed by atoms with Crippen LogP contribution >= 0.6 is 0 Å². The van der Waals surface area contributed by atoms with Gasteiger partial charge in [0.05, 0.1) is 24.9 Å². The largest absolute Gasteiger partial charge is 0.487 e. The predicted molar refractivity (Wildman–Crippen MR) is 129 cm³/mol. The molecular formula is C27H43F5O4. The van der Waals surface area contributed by atoms with Gasteiger partial charge in [0.25, 0.3) is 6.48 Å². The molecule has 0 radical (unpaired) electrons. The van der Waals surface area contributed by atoms with Gasteiger partial charge in [-0.3, -0.25) is 0 Å². The first kappa shape index (κ1) is 32.6. The third kappa shape index (κ3) is 12.2. The lowest BCUT2D eigenvalue weighted by Crippen LogP contribution is -2.31. The van der Waals surface area contributed by atoms with Crippen molar-refractivity contribution < 1.29 is 40.9 Å². The fourth-order valence-corrected chi connectivity index (χ4v) is 3.67. The summed E-state index contributed by atoms with van der Waals surface area (Å²) in [6.07, 6.45) is 10.1. The summed E-state index contributed by atoms with van der Waals surface area (Å²) in [5.74, 6) is -11.4. The molecule has 0 aliphatic carbocycles. The maximum Gasteiger partial charge on any atom is 0.272 e. The van der Waals surface area contributed by atoms with Gasteiger partial charge in [-0.15, -0.1) is 0 Å². The third-order valence-corrected chi connectivity index (χ3v) is 5.54. The number of rotatable bonds is 20. The molecule has 0 N–H and O–H groups in total. The van der Waals surface area contributed by atoms with Crippen molar-refractivity contribution >= 4 is 0 Å². The van der Waals surface area contributed by atoms with Crippen molar-refractivity contribution in [2.24, 2.45) is 0 Å². The summed E-state index contributed by atoms with van der Waals surface area (Å²) in [5, 5.41) is 0. The van der Waals surface area contributed by atoms with Crippen molar-refractivity contribution in [2.75, 3.05) is 6.61 Å². The minimum Gasteiger partial charge on any atom is -0.487 e. The summed E-state index contributed by atoms with van der Waals surface area (Å²) >= 11 is 0. The third-order valence-electron chi connectivity index (χ3n) is 5.54. The van der Waals surface area contributed by atoms with Crippen molar-refractivity contribution in [1.82, 2.24) is 0 Å². The summed E-state index contributed by atoms with van der Waals surface area (Å²) in [6.45, 7) is 8.74. The number of hydrogen-bond acceptors (Lipinski definition) is 4. The van der Waals surface area contributed by atoms with E-state index in [0.29, 0.717) is 19.3 Å². The second-order valence-corrected chi connectivity index (χ2v) is 9.57. The monoisotopic (exact) mass is 526 g/mol. The van der Waals surface area contributed by atoms with Crippen LogP contribution in [0.3, 0.4) is 0 Å². The lowest BCUT2D eigenvalue weighted by molar-refractivity contribution is -0.327. The normalized spacial score (nSPS) is 12.8. The minimum atomic E-state index is -2.20. The van der Waals surface area contributed by atoms with Crippen LogP contribution in [-0.2, 0) is 14.2 Å². The van der Waals surface area contributed by atoms with E-state index in [0.717, 1.165) is 25.7 Å². The number of ether oxygens (including phenoxy) is 4. The van der Waals surface area contributed by atoms with Gasteiger partial charge in [-0.25, -0.2) is 13.2 Å². The zero-order valence-electron chi connectivity index (χ0n) is 22.3. The van der Waals surface area contributed by atoms with Gasteiger partial charge in [0, 0.05) is 0 Å². The van der Waals surface area contributed by atoms with Gasteiger partial charge in [-0.2, -0.15) is 8.78 Å². The van der Waals surface area contributed by atoms with Crippen molar-refractivity contribution in [3.05, 3.63) is 29.1 Å². The molecule has 0 aliphatic rings. The van der Waals surface area contributed by atoms with Crippen LogP contribution in [0.15, 0.2) is 0 Å². The molecule has 1 aromatic carbocycles. The van der Waals surface area contributed by atoms with Crippen LogP contribution in [0.2, 0.25) is 0 Å². The van der Waals surface area contributed by atoms with Gasteiger partial charge in [0.2, 0.25) is 29.1 Å². The summed E-state index contributed by atoms with van der Waals surface area (Å²) in [6, 6.07) is 0. The topological polar surface area (TPSA) is 36.9 Å². The van der Waals surface area contributed by atoms with Crippen LogP contribution < -0.4 is 4.74 Å². The van der Waals surface area contributed by atoms with E-state index in [-0.39, 0.29) is 24.9 Å². The van der Waals surface area contributed by atoms with E-state index in [1.54, 1.807) is 0 Å². The van der Waals surface area contributed by atoms with Crippen LogP contribution in [0.4, 0.5) is 22.0 Å². The fourth-order valence-electron chi connectivity index (χ4n) is 3.67. The van der Waals surface area contributed by atoms with Crippen molar-refractivity contribution in [3.63, 3.8) is 0 Å². The maximum absolute atomic E-state index is 13.8. The first-order valence-corrected chi connectivity index (χ1v) is 13.2. The zero-order chi connectivity index (χ0) is 27.1. The Balaban J connectivity index is 2.62. The van der Waals surface area contributed by atoms with E-state index in [1.165, 1.54) is 25.7 Å². The second-order valence-electron chi connectivity index (χ2n) is 9.57. The molecule has 210 valence electrons. The highest BCUT2D eigenvalue weighted by Crippen LogP contribution is 2.29. The van der Waals surface area contributed by atoms with Gasteiger partial charge in [0.1, 0.15) is 0 Å². The Morgan fingerprint density at radius 2 is 1.00 bits per heavy atom. The molecule has 1 atom stereocenters. The lowest BCUT2D eigenvalue weighted by atomic mass is 10.0. The Morgan fingerprint density at radius 1 is 0.556 bits per heavy atom. The Hall–Kier alpha value is -1.45. The van der Waals surface area contributed by atoms with Crippen molar-refractivity contribution in [2.45, 2.75) is 130 Å². The molecule has 1 rings (SSSR count). The Labute approximate surface area is 212 Å². The summed E-state index contributed by atoms with van der Waals surface area (Å²) in [7, 11) is 0. The van der Waals surface area contributed by atoms with E-state index in [4.69, 9.17) is 18.9 Å². The standard InChI is InChI=1S/C27H43F5O4/c1-6-7-8-9-10-11-12-15-20(36-27(34-18(2)3)35-19(4)5)16-13-14-17-33-26-24(31)22(29)21(28)23(30)25(26)32/h18-20,27H,6-17H2,1-5H3. The highest BCUT2D eigenvalue weighted by molar-refractivity contribution is 5.29. The average Bonchev–Trinajstić information content (AvgIpc) is 2.81. The van der Waals surface area contributed by atoms with E-state index in [9.17, 15) is 22.0 Å². The number of hydrogen-bond donors (Lipinski definition) is 0. The van der Waals surface area contributed by atoms with E-state index in [1.807, 2.05) is 27.7 Å². The molecule has 0 aliphatic heterocycles. The maximum atomic E-state index is 13.8. The van der Waals surface area contributed by atoms with Gasteiger partial charge in [-0.05, 0) is 53.4 Å². The Bertz CT molecular complexity index is 706. The molecule has 0 bridgehead atoms. The predicted octanol–water partition coefficient (Wildman–Crippen LogP) is 8.59. The molecule has 4 nitrogen and oxygen atoms in total. The highest BCUT2D eigenvalue weighted by atomic mass is 19.2. The average molecular weight is 527 g/mol. The lowest BCUT2D eigenvalue weighted by Gasteiger charge is -2.27. The van der Waals surface area contributed by atoms with Crippen molar-refractivity contribution in [1.29, 1.82) is 0 Å². The first-order valence-electron chi connectivity index (χ1n) is 13.2. The second kappa shape index (κ2) is 17.9. The van der Waals surface area contributed by atoms with Gasteiger partial charge >= 0.3 is 0 Å². The molecule has 0 spiro atoms. The quantitative estimate of drug-likeness (QED) is 0.0561. The fraction of sp³-hybridized carbons (Fsp3) is 0.778. The number of benzene rings is 1. The summed E-state index contributed by atoms with van der Waals surface area (Å²) in [5.41, 5.74) is 0. The molecule has 0 aromatic heterocycles. The molecular weight excluding hydrogens is 483 g/mol. The Kier molecular flexibility index (Phi) is 16.2. The molecule has 0 saturated heterocycles. The van der Waals surface area contributed by atoms with Crippen LogP contribution in [0.1, 0.15) is 105 Å². The first-order chi connectivity index (χ1) is 17.1.